The molecule has 0 unspecified atom stereocenters. The predicted octanol–water partition coefficient (Wildman–Crippen LogP) is 6.69. The number of hydrogen-bond acceptors (Lipinski definition) is 7. The number of nitrogens with one attached hydrogen (secondary N) is 1. The van der Waals surface area contributed by atoms with Crippen LogP contribution in [0.3, 0.4) is 0 Å². The van der Waals surface area contributed by atoms with Gasteiger partial charge in [-0.2, -0.15) is 0 Å². The molecule has 8 heteroatoms. The summed E-state index contributed by atoms with van der Waals surface area (Å²) in [6.45, 7) is 0. The average Bonchev–Trinajstić information content (AvgIpc) is 3.39. The van der Waals surface area contributed by atoms with Crippen molar-refractivity contribution in [3.05, 3.63) is 95.4 Å². The first-order valence-corrected chi connectivity index (χ1v) is 12.6. The van der Waals surface area contributed by atoms with Gasteiger partial charge in [0.15, 0.2) is 0 Å². The minimum atomic E-state index is -0.524. The van der Waals surface area contributed by atoms with Crippen LogP contribution in [0.5, 0.6) is 11.5 Å². The maximum Gasteiger partial charge on any atom is 0.341 e. The number of fused-ring (bicyclic) bond motifs is 1. The molecule has 1 amide bonds. The van der Waals surface area contributed by atoms with Crippen molar-refractivity contribution < 1.29 is 23.8 Å². The summed E-state index contributed by atoms with van der Waals surface area (Å²) < 4.78 is 16.0. The number of thiophene rings is 1. The fourth-order valence-electron chi connectivity index (χ4n) is 4.27. The van der Waals surface area contributed by atoms with Crippen molar-refractivity contribution in [3.63, 3.8) is 0 Å². The number of ether oxygens (including phenoxy) is 3. The number of anilines is 1. The molecule has 190 valence electrons. The molecule has 0 saturated carbocycles. The highest BCUT2D eigenvalue weighted by atomic mass is 32.1. The molecule has 0 radical (unpaired) electrons. The van der Waals surface area contributed by atoms with Crippen LogP contribution in [0, 0.1) is 0 Å². The number of methoxy groups -OCH3 is 3. The van der Waals surface area contributed by atoms with E-state index in [0.717, 1.165) is 5.56 Å². The molecule has 0 spiro atoms. The Hall–Kier alpha value is -4.69. The number of amides is 1. The van der Waals surface area contributed by atoms with Crippen LogP contribution < -0.4 is 14.8 Å². The van der Waals surface area contributed by atoms with Crippen LogP contribution in [-0.4, -0.2) is 38.2 Å². The predicted molar refractivity (Wildman–Crippen MR) is 149 cm³/mol. The number of para-hydroxylation sites is 1. The third-order valence-electron chi connectivity index (χ3n) is 6.14. The van der Waals surface area contributed by atoms with Crippen molar-refractivity contribution in [3.8, 4) is 33.9 Å². The van der Waals surface area contributed by atoms with Crippen LogP contribution >= 0.6 is 11.3 Å². The lowest BCUT2D eigenvalue weighted by Gasteiger charge is -2.13. The average molecular weight is 525 g/mol. The highest BCUT2D eigenvalue weighted by molar-refractivity contribution is 7.15. The Morgan fingerprint density at radius 1 is 0.842 bits per heavy atom. The number of carbonyl (C=O) groups excluding carboxylic acids is 2. The summed E-state index contributed by atoms with van der Waals surface area (Å²) in [5.41, 5.74) is 4.20. The van der Waals surface area contributed by atoms with Gasteiger partial charge in [-0.3, -0.25) is 4.79 Å². The summed E-state index contributed by atoms with van der Waals surface area (Å²) in [6, 6.07) is 24.1. The SMILES string of the molecule is COC(=O)c1c(-c2ccccc2)csc1NC(=O)c1cc(-c2ccc(OC)cc2OC)nc2ccccc12. The van der Waals surface area contributed by atoms with E-state index in [1.54, 1.807) is 26.4 Å². The molecular formula is C30H24N2O5S. The molecule has 38 heavy (non-hydrogen) atoms. The van der Waals surface area contributed by atoms with Crippen LogP contribution in [0.1, 0.15) is 20.7 Å². The fraction of sp³-hybridized carbons (Fsp3) is 0.100. The van der Waals surface area contributed by atoms with Gasteiger partial charge in [0.25, 0.3) is 5.91 Å². The molecule has 0 aliphatic rings. The standard InChI is InChI=1S/C30H24N2O5S/c1-35-19-13-14-21(26(15-19)36-2)25-16-22(20-11-7-8-12-24(20)31-25)28(33)32-29-27(30(34)37-3)23(17-38-29)18-9-5-4-6-10-18/h4-17H,1-3H3,(H,32,33). The number of benzene rings is 3. The number of aromatic nitrogens is 1. The minimum absolute atomic E-state index is 0.312. The second-order valence-electron chi connectivity index (χ2n) is 8.30. The van der Waals surface area contributed by atoms with Gasteiger partial charge in [-0.25, -0.2) is 9.78 Å². The third-order valence-corrected chi connectivity index (χ3v) is 7.03. The normalized spacial score (nSPS) is 10.7. The molecule has 0 atom stereocenters. The number of pyridine rings is 1. The Labute approximate surface area is 223 Å². The molecule has 0 aliphatic heterocycles. The summed E-state index contributed by atoms with van der Waals surface area (Å²) in [6.07, 6.45) is 0. The van der Waals surface area contributed by atoms with Crippen LogP contribution in [-0.2, 0) is 4.74 Å². The maximum absolute atomic E-state index is 13.7. The number of nitrogens with zero attached hydrogens (tertiary/aromatic N) is 1. The Morgan fingerprint density at radius 2 is 1.61 bits per heavy atom. The lowest BCUT2D eigenvalue weighted by molar-refractivity contribution is 0.0603. The first-order chi connectivity index (χ1) is 18.5. The van der Waals surface area contributed by atoms with E-state index >= 15 is 0 Å². The zero-order valence-electron chi connectivity index (χ0n) is 21.0. The molecule has 2 aromatic heterocycles. The lowest BCUT2D eigenvalue weighted by Crippen LogP contribution is -2.15. The summed E-state index contributed by atoms with van der Waals surface area (Å²) in [5.74, 6) is 0.316. The monoisotopic (exact) mass is 524 g/mol. The van der Waals surface area contributed by atoms with Gasteiger partial charge in [0.2, 0.25) is 0 Å². The van der Waals surface area contributed by atoms with Crippen LogP contribution in [0.25, 0.3) is 33.3 Å². The Balaban J connectivity index is 1.60. The van der Waals surface area contributed by atoms with Crippen LogP contribution in [0.15, 0.2) is 84.2 Å². The van der Waals surface area contributed by atoms with E-state index in [-0.39, 0.29) is 5.91 Å². The molecule has 0 fully saturated rings. The van der Waals surface area contributed by atoms with Gasteiger partial charge in [-0.15, -0.1) is 11.3 Å². The van der Waals surface area contributed by atoms with E-state index in [2.05, 4.69) is 5.32 Å². The van der Waals surface area contributed by atoms with Gasteiger partial charge in [-0.05, 0) is 29.8 Å². The highest BCUT2D eigenvalue weighted by Crippen LogP contribution is 2.38. The summed E-state index contributed by atoms with van der Waals surface area (Å²) >= 11 is 1.27. The number of hydrogen-bond donors (Lipinski definition) is 1. The lowest BCUT2D eigenvalue weighted by atomic mass is 10.0. The van der Waals surface area contributed by atoms with Crippen molar-refractivity contribution >= 4 is 39.1 Å². The van der Waals surface area contributed by atoms with Crippen LogP contribution in [0.4, 0.5) is 5.00 Å². The molecule has 3 aromatic carbocycles. The van der Waals surface area contributed by atoms with Gasteiger partial charge >= 0.3 is 5.97 Å². The van der Waals surface area contributed by atoms with E-state index in [0.29, 0.717) is 55.4 Å². The Kier molecular flexibility index (Phi) is 7.06. The maximum atomic E-state index is 13.7. The van der Waals surface area contributed by atoms with Gasteiger partial charge in [-0.1, -0.05) is 48.5 Å². The highest BCUT2D eigenvalue weighted by Gasteiger charge is 2.24. The molecule has 2 heterocycles. The number of esters is 1. The second kappa shape index (κ2) is 10.7. The summed E-state index contributed by atoms with van der Waals surface area (Å²) in [5, 5.41) is 5.88. The molecule has 0 saturated heterocycles. The first kappa shape index (κ1) is 25.0. The minimum Gasteiger partial charge on any atom is -0.497 e. The third kappa shape index (κ3) is 4.69. The summed E-state index contributed by atoms with van der Waals surface area (Å²) in [4.78, 5) is 31.3. The van der Waals surface area contributed by atoms with Gasteiger partial charge < -0.3 is 19.5 Å². The van der Waals surface area contributed by atoms with E-state index < -0.39 is 5.97 Å². The summed E-state index contributed by atoms with van der Waals surface area (Å²) in [7, 11) is 4.48. The first-order valence-electron chi connectivity index (χ1n) is 11.7. The quantitative estimate of drug-likeness (QED) is 0.239. The van der Waals surface area contributed by atoms with Gasteiger partial charge in [0.05, 0.1) is 38.1 Å². The van der Waals surface area contributed by atoms with E-state index in [1.165, 1.54) is 18.4 Å². The van der Waals surface area contributed by atoms with E-state index in [1.807, 2.05) is 72.1 Å². The topological polar surface area (TPSA) is 86.8 Å². The fourth-order valence-corrected chi connectivity index (χ4v) is 5.22. The molecule has 7 nitrogen and oxygen atoms in total. The van der Waals surface area contributed by atoms with E-state index in [4.69, 9.17) is 19.2 Å². The van der Waals surface area contributed by atoms with Gasteiger partial charge in [0.1, 0.15) is 22.1 Å². The van der Waals surface area contributed by atoms with Crippen molar-refractivity contribution in [2.24, 2.45) is 0 Å². The molecule has 0 bridgehead atoms. The molecule has 1 N–H and O–H groups in total. The second-order valence-corrected chi connectivity index (χ2v) is 9.18. The van der Waals surface area contributed by atoms with Crippen molar-refractivity contribution in [2.75, 3.05) is 26.6 Å². The van der Waals surface area contributed by atoms with Crippen molar-refractivity contribution in [1.82, 2.24) is 4.98 Å². The smallest absolute Gasteiger partial charge is 0.341 e. The zero-order valence-corrected chi connectivity index (χ0v) is 21.8. The molecule has 0 aliphatic carbocycles. The van der Waals surface area contributed by atoms with Gasteiger partial charge in [0, 0.05) is 28.0 Å². The molecular weight excluding hydrogens is 500 g/mol. The number of rotatable bonds is 7. The molecule has 5 aromatic rings. The Morgan fingerprint density at radius 3 is 2.34 bits per heavy atom. The molecule has 5 rings (SSSR count). The van der Waals surface area contributed by atoms with Crippen molar-refractivity contribution in [1.29, 1.82) is 0 Å². The van der Waals surface area contributed by atoms with E-state index in [9.17, 15) is 9.59 Å². The van der Waals surface area contributed by atoms with Crippen LogP contribution in [0.2, 0.25) is 0 Å². The Bertz CT molecular complexity index is 1650. The van der Waals surface area contributed by atoms with Crippen molar-refractivity contribution in [2.45, 2.75) is 0 Å². The number of carbonyl (C=O) groups is 2. The zero-order chi connectivity index (χ0) is 26.6. The largest absolute Gasteiger partial charge is 0.497 e.